The predicted octanol–water partition coefficient (Wildman–Crippen LogP) is 5.65. The van der Waals surface area contributed by atoms with E-state index in [1.165, 1.54) is 23.8 Å². The van der Waals surface area contributed by atoms with Crippen LogP contribution in [0.4, 0.5) is 14.5 Å². The van der Waals surface area contributed by atoms with Gasteiger partial charge in [0, 0.05) is 18.2 Å². The van der Waals surface area contributed by atoms with Crippen molar-refractivity contribution in [2.75, 3.05) is 18.6 Å². The van der Waals surface area contributed by atoms with Gasteiger partial charge < -0.3 is 9.64 Å². The number of ether oxygens (including phenoxy) is 1. The molecule has 1 saturated carbocycles. The summed E-state index contributed by atoms with van der Waals surface area (Å²) in [7, 11) is 1.78. The van der Waals surface area contributed by atoms with E-state index in [1.807, 2.05) is 18.2 Å². The highest BCUT2D eigenvalue weighted by molar-refractivity contribution is 5.98. The Kier molecular flexibility index (Phi) is 4.97. The summed E-state index contributed by atoms with van der Waals surface area (Å²) in [5.41, 5.74) is 5.36. The van der Waals surface area contributed by atoms with E-state index in [1.54, 1.807) is 11.9 Å². The SMILES string of the molecule is CN1C(=O)COc2c1ccc(-c1ccc(CCc3c(F)cccc3F)cc1)c2C1CC1. The van der Waals surface area contributed by atoms with E-state index in [4.69, 9.17) is 4.74 Å². The van der Waals surface area contributed by atoms with Gasteiger partial charge in [0.15, 0.2) is 6.61 Å². The van der Waals surface area contributed by atoms with Gasteiger partial charge in [-0.1, -0.05) is 36.4 Å². The number of hydrogen-bond donors (Lipinski definition) is 0. The maximum absolute atomic E-state index is 13.9. The number of anilines is 1. The van der Waals surface area contributed by atoms with Crippen LogP contribution in [0.3, 0.4) is 0 Å². The third-order valence-electron chi connectivity index (χ3n) is 6.23. The fourth-order valence-corrected chi connectivity index (χ4v) is 4.29. The first-order valence-corrected chi connectivity index (χ1v) is 10.6. The summed E-state index contributed by atoms with van der Waals surface area (Å²) in [5, 5.41) is 0. The molecule has 1 aliphatic carbocycles. The van der Waals surface area contributed by atoms with E-state index in [0.717, 1.165) is 41.0 Å². The normalized spacial score (nSPS) is 15.6. The average molecular weight is 419 g/mol. The molecular weight excluding hydrogens is 396 g/mol. The first-order chi connectivity index (χ1) is 15.0. The maximum Gasteiger partial charge on any atom is 0.264 e. The largest absolute Gasteiger partial charge is 0.481 e. The van der Waals surface area contributed by atoms with Crippen LogP contribution in [0.15, 0.2) is 54.6 Å². The molecule has 0 unspecified atom stereocenters. The number of halogens is 2. The van der Waals surface area contributed by atoms with Gasteiger partial charge in [-0.05, 0) is 66.5 Å². The minimum atomic E-state index is -0.497. The Labute approximate surface area is 180 Å². The number of carbonyl (C=O) groups is 1. The molecule has 1 amide bonds. The molecule has 158 valence electrons. The highest BCUT2D eigenvalue weighted by atomic mass is 19.1. The second-order valence-electron chi connectivity index (χ2n) is 8.29. The summed E-state index contributed by atoms with van der Waals surface area (Å²) in [5.74, 6) is 0.237. The molecule has 31 heavy (non-hydrogen) atoms. The molecule has 0 spiro atoms. The lowest BCUT2D eigenvalue weighted by molar-refractivity contribution is -0.121. The third-order valence-corrected chi connectivity index (χ3v) is 6.23. The standard InChI is InChI=1S/C26H23F2NO2/c1-29-23-14-13-19(25(18-10-11-18)26(23)31-15-24(29)30)17-8-5-16(6-9-17)7-12-20-21(27)3-2-4-22(20)28/h2-6,8-9,13-14,18H,7,10-12,15H2,1H3. The molecule has 3 aromatic carbocycles. The molecule has 0 radical (unpaired) electrons. The summed E-state index contributed by atoms with van der Waals surface area (Å²) in [6.45, 7) is 0.0677. The van der Waals surface area contributed by atoms with Gasteiger partial charge in [-0.2, -0.15) is 0 Å². The van der Waals surface area contributed by atoms with Crippen LogP contribution in [0.2, 0.25) is 0 Å². The molecule has 3 nitrogen and oxygen atoms in total. The smallest absolute Gasteiger partial charge is 0.264 e. The number of aryl methyl sites for hydroxylation is 1. The summed E-state index contributed by atoms with van der Waals surface area (Å²) in [6, 6.07) is 16.1. The van der Waals surface area contributed by atoms with Crippen molar-refractivity contribution in [3.8, 4) is 16.9 Å². The number of carbonyl (C=O) groups excluding carboxylic acids is 1. The lowest BCUT2D eigenvalue weighted by Gasteiger charge is -2.29. The number of amides is 1. The first-order valence-electron chi connectivity index (χ1n) is 10.6. The van der Waals surface area contributed by atoms with E-state index < -0.39 is 11.6 Å². The van der Waals surface area contributed by atoms with Gasteiger partial charge in [0.25, 0.3) is 5.91 Å². The quantitative estimate of drug-likeness (QED) is 0.535. The van der Waals surface area contributed by atoms with E-state index in [2.05, 4.69) is 18.2 Å². The summed E-state index contributed by atoms with van der Waals surface area (Å²) < 4.78 is 33.6. The molecule has 5 rings (SSSR count). The van der Waals surface area contributed by atoms with Crippen LogP contribution in [0.5, 0.6) is 5.75 Å². The molecule has 5 heteroatoms. The van der Waals surface area contributed by atoms with Gasteiger partial charge >= 0.3 is 0 Å². The van der Waals surface area contributed by atoms with Crippen molar-refractivity contribution in [3.63, 3.8) is 0 Å². The van der Waals surface area contributed by atoms with Crippen LogP contribution in [0.25, 0.3) is 11.1 Å². The highest BCUT2D eigenvalue weighted by Crippen LogP contribution is 2.52. The van der Waals surface area contributed by atoms with E-state index >= 15 is 0 Å². The molecule has 0 saturated heterocycles. The lowest BCUT2D eigenvalue weighted by atomic mass is 9.93. The van der Waals surface area contributed by atoms with E-state index in [-0.39, 0.29) is 18.1 Å². The predicted molar refractivity (Wildman–Crippen MR) is 117 cm³/mol. The third kappa shape index (κ3) is 3.69. The maximum atomic E-state index is 13.9. The van der Waals surface area contributed by atoms with E-state index in [0.29, 0.717) is 18.8 Å². The lowest BCUT2D eigenvalue weighted by Crippen LogP contribution is -2.35. The van der Waals surface area contributed by atoms with Crippen LogP contribution in [0, 0.1) is 11.6 Å². The van der Waals surface area contributed by atoms with Crippen molar-refractivity contribution in [2.24, 2.45) is 0 Å². The minimum absolute atomic E-state index is 0.0439. The topological polar surface area (TPSA) is 29.5 Å². The number of benzene rings is 3. The highest BCUT2D eigenvalue weighted by Gasteiger charge is 2.34. The van der Waals surface area contributed by atoms with Crippen LogP contribution in [0.1, 0.15) is 35.4 Å². The molecule has 0 atom stereocenters. The molecule has 3 aromatic rings. The van der Waals surface area contributed by atoms with Gasteiger partial charge in [0.05, 0.1) is 5.69 Å². The fourth-order valence-electron chi connectivity index (χ4n) is 4.29. The number of likely N-dealkylation sites (N-methyl/N-ethyl adjacent to an activating group) is 1. The zero-order valence-corrected chi connectivity index (χ0v) is 17.3. The molecule has 0 aromatic heterocycles. The van der Waals surface area contributed by atoms with Gasteiger partial charge in [-0.3, -0.25) is 4.79 Å². The Morgan fingerprint density at radius 1 is 0.968 bits per heavy atom. The van der Waals surface area contributed by atoms with Crippen LogP contribution in [-0.2, 0) is 17.6 Å². The van der Waals surface area contributed by atoms with Crippen LogP contribution < -0.4 is 9.64 Å². The Bertz CT molecular complexity index is 1130. The van der Waals surface area contributed by atoms with Crippen LogP contribution >= 0.6 is 0 Å². The van der Waals surface area contributed by atoms with Crippen molar-refractivity contribution >= 4 is 11.6 Å². The Balaban J connectivity index is 1.42. The summed E-state index contributed by atoms with van der Waals surface area (Å²) in [4.78, 5) is 13.7. The zero-order chi connectivity index (χ0) is 21.5. The van der Waals surface area contributed by atoms with Gasteiger partial charge in [0.2, 0.25) is 0 Å². The number of fused-ring (bicyclic) bond motifs is 1. The monoisotopic (exact) mass is 419 g/mol. The molecular formula is C26H23F2NO2. The molecule has 2 aliphatic rings. The van der Waals surface area contributed by atoms with Gasteiger partial charge in [-0.25, -0.2) is 8.78 Å². The Morgan fingerprint density at radius 2 is 1.68 bits per heavy atom. The van der Waals surface area contributed by atoms with Crippen molar-refractivity contribution in [1.82, 2.24) is 0 Å². The molecule has 1 fully saturated rings. The average Bonchev–Trinajstić information content (AvgIpc) is 3.61. The zero-order valence-electron chi connectivity index (χ0n) is 17.3. The van der Waals surface area contributed by atoms with Crippen LogP contribution in [-0.4, -0.2) is 19.6 Å². The van der Waals surface area contributed by atoms with Crippen molar-refractivity contribution in [1.29, 1.82) is 0 Å². The molecule has 1 heterocycles. The summed E-state index contributed by atoms with van der Waals surface area (Å²) in [6.07, 6.45) is 3.12. The second-order valence-corrected chi connectivity index (χ2v) is 8.29. The molecule has 1 aliphatic heterocycles. The molecule has 0 N–H and O–H groups in total. The van der Waals surface area contributed by atoms with Crippen molar-refractivity contribution in [3.05, 3.63) is 82.9 Å². The second kappa shape index (κ2) is 7.80. The Morgan fingerprint density at radius 3 is 2.35 bits per heavy atom. The van der Waals surface area contributed by atoms with Gasteiger partial charge in [-0.15, -0.1) is 0 Å². The summed E-state index contributed by atoms with van der Waals surface area (Å²) >= 11 is 0. The number of nitrogens with zero attached hydrogens (tertiary/aromatic N) is 1. The number of rotatable bonds is 5. The van der Waals surface area contributed by atoms with Gasteiger partial charge in [0.1, 0.15) is 17.4 Å². The van der Waals surface area contributed by atoms with Crippen molar-refractivity contribution < 1.29 is 18.3 Å². The fraction of sp³-hybridized carbons (Fsp3) is 0.269. The van der Waals surface area contributed by atoms with E-state index in [9.17, 15) is 13.6 Å². The Hall–Kier alpha value is -3.21. The minimum Gasteiger partial charge on any atom is -0.481 e. The van der Waals surface area contributed by atoms with Crippen molar-refractivity contribution in [2.45, 2.75) is 31.6 Å². The molecule has 0 bridgehead atoms. The first kappa shape index (κ1) is 19.7. The number of hydrogen-bond acceptors (Lipinski definition) is 2.